The first-order valence-electron chi connectivity index (χ1n) is 4.51. The monoisotopic (exact) mass is 291 g/mol. The standard InChI is InChI=1S/C9H7ClF5NO2/c10-1-5-7(18-9(13,14)15)6(8(11)12)4(3-17)2-16-5/h2,8,17H,1,3H2. The van der Waals surface area contributed by atoms with Gasteiger partial charge in [-0.15, -0.1) is 24.8 Å². The summed E-state index contributed by atoms with van der Waals surface area (Å²) in [6.07, 6.45) is -7.57. The maximum Gasteiger partial charge on any atom is 0.573 e. The number of ether oxygens (including phenoxy) is 1. The molecule has 0 aliphatic rings. The first-order chi connectivity index (χ1) is 8.30. The zero-order chi connectivity index (χ0) is 13.9. The number of halogens is 6. The second-order valence-corrected chi connectivity index (χ2v) is 3.38. The van der Waals surface area contributed by atoms with Gasteiger partial charge in [0.1, 0.15) is 0 Å². The van der Waals surface area contributed by atoms with Crippen molar-refractivity contribution in [1.29, 1.82) is 0 Å². The number of aliphatic hydroxyl groups is 1. The van der Waals surface area contributed by atoms with E-state index in [1.165, 1.54) is 0 Å². The van der Waals surface area contributed by atoms with Crippen LogP contribution in [0.25, 0.3) is 0 Å². The number of pyridine rings is 1. The van der Waals surface area contributed by atoms with E-state index in [2.05, 4.69) is 9.72 Å². The number of aliphatic hydroxyl groups excluding tert-OH is 1. The summed E-state index contributed by atoms with van der Waals surface area (Å²) in [6, 6.07) is 0. The Morgan fingerprint density at radius 1 is 1.39 bits per heavy atom. The predicted molar refractivity (Wildman–Crippen MR) is 51.4 cm³/mol. The molecule has 1 heterocycles. The molecule has 0 atom stereocenters. The molecule has 0 saturated carbocycles. The van der Waals surface area contributed by atoms with Gasteiger partial charge < -0.3 is 9.84 Å². The molecule has 0 aliphatic carbocycles. The Morgan fingerprint density at radius 2 is 2.00 bits per heavy atom. The summed E-state index contributed by atoms with van der Waals surface area (Å²) in [5.74, 6) is -1.68. The van der Waals surface area contributed by atoms with Crippen LogP contribution in [0.5, 0.6) is 5.75 Å². The lowest BCUT2D eigenvalue weighted by Gasteiger charge is -2.17. The molecule has 1 N–H and O–H groups in total. The molecule has 0 radical (unpaired) electrons. The lowest BCUT2D eigenvalue weighted by Crippen LogP contribution is -2.20. The first kappa shape index (κ1) is 14.9. The summed E-state index contributed by atoms with van der Waals surface area (Å²) in [6.45, 7) is -0.885. The van der Waals surface area contributed by atoms with Crippen LogP contribution in [0.2, 0.25) is 0 Å². The average molecular weight is 292 g/mol. The summed E-state index contributed by atoms with van der Waals surface area (Å²) >= 11 is 5.32. The highest BCUT2D eigenvalue weighted by Crippen LogP contribution is 2.37. The van der Waals surface area contributed by atoms with Crippen LogP contribution < -0.4 is 4.74 Å². The van der Waals surface area contributed by atoms with Crippen LogP contribution >= 0.6 is 11.6 Å². The smallest absolute Gasteiger partial charge is 0.403 e. The molecule has 1 aromatic heterocycles. The quantitative estimate of drug-likeness (QED) is 0.684. The number of hydrogen-bond donors (Lipinski definition) is 1. The van der Waals surface area contributed by atoms with Crippen molar-refractivity contribution < 1.29 is 31.8 Å². The molecule has 0 spiro atoms. The molecule has 0 unspecified atom stereocenters. The largest absolute Gasteiger partial charge is 0.573 e. The Balaban J connectivity index is 3.40. The molecular weight excluding hydrogens is 285 g/mol. The van der Waals surface area contributed by atoms with E-state index in [4.69, 9.17) is 16.7 Å². The molecule has 0 aromatic carbocycles. The molecule has 3 nitrogen and oxygen atoms in total. The van der Waals surface area contributed by atoms with E-state index < -0.39 is 47.8 Å². The zero-order valence-electron chi connectivity index (χ0n) is 8.64. The minimum absolute atomic E-state index is 0.446. The summed E-state index contributed by atoms with van der Waals surface area (Å²) in [5.41, 5.74) is -1.97. The topological polar surface area (TPSA) is 42.4 Å². The van der Waals surface area contributed by atoms with Crippen molar-refractivity contribution in [2.75, 3.05) is 0 Å². The van der Waals surface area contributed by atoms with Crippen LogP contribution in [-0.4, -0.2) is 16.5 Å². The SMILES string of the molecule is OCc1cnc(CCl)c(OC(F)(F)F)c1C(F)F. The molecule has 1 aromatic rings. The summed E-state index contributed by atoms with van der Waals surface area (Å²) in [7, 11) is 0. The molecule has 0 amide bonds. The van der Waals surface area contributed by atoms with E-state index in [0.717, 1.165) is 6.20 Å². The molecular formula is C9H7ClF5NO2. The number of nitrogens with zero attached hydrogens (tertiary/aromatic N) is 1. The van der Waals surface area contributed by atoms with Gasteiger partial charge in [-0.3, -0.25) is 4.98 Å². The first-order valence-corrected chi connectivity index (χ1v) is 5.05. The molecule has 9 heteroatoms. The third-order valence-corrected chi connectivity index (χ3v) is 2.21. The fraction of sp³-hybridized carbons (Fsp3) is 0.444. The van der Waals surface area contributed by atoms with Gasteiger partial charge in [0.25, 0.3) is 6.43 Å². The van der Waals surface area contributed by atoms with E-state index in [1.54, 1.807) is 0 Å². The maximum absolute atomic E-state index is 12.7. The minimum atomic E-state index is -5.15. The molecule has 0 saturated heterocycles. The van der Waals surface area contributed by atoms with Gasteiger partial charge in [0, 0.05) is 11.8 Å². The van der Waals surface area contributed by atoms with Crippen LogP contribution in [0.1, 0.15) is 23.2 Å². The summed E-state index contributed by atoms with van der Waals surface area (Å²) in [5, 5.41) is 8.81. The average Bonchev–Trinajstić information content (AvgIpc) is 2.25. The lowest BCUT2D eigenvalue weighted by atomic mass is 10.1. The Labute approximate surface area is 103 Å². The number of hydrogen-bond acceptors (Lipinski definition) is 3. The summed E-state index contributed by atoms with van der Waals surface area (Å²) < 4.78 is 65.4. The Bertz CT molecular complexity index is 424. The van der Waals surface area contributed by atoms with E-state index in [1.807, 2.05) is 0 Å². The molecule has 18 heavy (non-hydrogen) atoms. The third kappa shape index (κ3) is 3.42. The second kappa shape index (κ2) is 5.66. The zero-order valence-corrected chi connectivity index (χ0v) is 9.40. The van der Waals surface area contributed by atoms with Gasteiger partial charge in [-0.25, -0.2) is 8.78 Å². The normalized spacial score (nSPS) is 12.0. The second-order valence-electron chi connectivity index (χ2n) is 3.11. The van der Waals surface area contributed by atoms with E-state index in [9.17, 15) is 22.0 Å². The minimum Gasteiger partial charge on any atom is -0.403 e. The Kier molecular flexibility index (Phi) is 4.69. The summed E-state index contributed by atoms with van der Waals surface area (Å²) in [4.78, 5) is 3.44. The molecule has 0 fully saturated rings. The van der Waals surface area contributed by atoms with Crippen molar-refractivity contribution in [2.45, 2.75) is 25.3 Å². The Morgan fingerprint density at radius 3 is 2.39 bits per heavy atom. The van der Waals surface area contributed by atoms with Gasteiger partial charge in [-0.05, 0) is 0 Å². The van der Waals surface area contributed by atoms with Gasteiger partial charge in [-0.2, -0.15) is 0 Å². The lowest BCUT2D eigenvalue weighted by molar-refractivity contribution is -0.275. The van der Waals surface area contributed by atoms with Gasteiger partial charge in [-0.1, -0.05) is 0 Å². The van der Waals surface area contributed by atoms with E-state index >= 15 is 0 Å². The van der Waals surface area contributed by atoms with Gasteiger partial charge in [0.05, 0.1) is 23.7 Å². The van der Waals surface area contributed by atoms with Crippen molar-refractivity contribution in [3.05, 3.63) is 23.0 Å². The Hall–Kier alpha value is -1.15. The van der Waals surface area contributed by atoms with Crippen LogP contribution in [-0.2, 0) is 12.5 Å². The van der Waals surface area contributed by atoms with Gasteiger partial charge in [0.15, 0.2) is 5.75 Å². The fourth-order valence-corrected chi connectivity index (χ4v) is 1.47. The van der Waals surface area contributed by atoms with Crippen molar-refractivity contribution in [3.63, 3.8) is 0 Å². The van der Waals surface area contributed by atoms with E-state index in [0.29, 0.717) is 0 Å². The highest BCUT2D eigenvalue weighted by atomic mass is 35.5. The fourth-order valence-electron chi connectivity index (χ4n) is 1.28. The van der Waals surface area contributed by atoms with Gasteiger partial charge >= 0.3 is 6.36 Å². The van der Waals surface area contributed by atoms with Crippen LogP contribution in [0.15, 0.2) is 6.20 Å². The van der Waals surface area contributed by atoms with Crippen LogP contribution in [0.3, 0.4) is 0 Å². The highest BCUT2D eigenvalue weighted by Gasteiger charge is 2.35. The van der Waals surface area contributed by atoms with E-state index in [-0.39, 0.29) is 0 Å². The molecule has 1 rings (SSSR count). The third-order valence-electron chi connectivity index (χ3n) is 1.96. The highest BCUT2D eigenvalue weighted by molar-refractivity contribution is 6.17. The van der Waals surface area contributed by atoms with Crippen molar-refractivity contribution in [3.8, 4) is 5.75 Å². The number of alkyl halides is 6. The van der Waals surface area contributed by atoms with Crippen LogP contribution in [0, 0.1) is 0 Å². The predicted octanol–water partition coefficient (Wildman–Crippen LogP) is 3.15. The van der Waals surface area contributed by atoms with Crippen molar-refractivity contribution in [2.24, 2.45) is 0 Å². The molecule has 0 bridgehead atoms. The number of aromatic nitrogens is 1. The molecule has 102 valence electrons. The van der Waals surface area contributed by atoms with Crippen molar-refractivity contribution >= 4 is 11.6 Å². The maximum atomic E-state index is 12.7. The number of rotatable bonds is 4. The van der Waals surface area contributed by atoms with Gasteiger partial charge in [0.2, 0.25) is 0 Å². The molecule has 0 aliphatic heterocycles. The van der Waals surface area contributed by atoms with Crippen molar-refractivity contribution in [1.82, 2.24) is 4.98 Å². The van der Waals surface area contributed by atoms with Crippen LogP contribution in [0.4, 0.5) is 22.0 Å².